The van der Waals surface area contributed by atoms with Crippen LogP contribution in [0, 0.1) is 5.41 Å². The van der Waals surface area contributed by atoms with Gasteiger partial charge in [0, 0.05) is 16.4 Å². The molecule has 9 heteroatoms. The molecule has 0 bridgehead atoms. The van der Waals surface area contributed by atoms with E-state index in [0.29, 0.717) is 5.56 Å². The standard InChI is InChI=1S/C24H27ClF2N2O4/c1-14(2)16-6-4-5-7-17(16)24(10-8-23(3,9-11-24)21(31)32)20(30)29-19-18(33-22(26)27)12-15(25)13-28-19/h4-7,12-14,22H,8-11H2,1-3H3,(H,31,32)(H,28,29,30)/i3D3. The molecule has 0 aliphatic heterocycles. The lowest BCUT2D eigenvalue weighted by Gasteiger charge is -2.43. The highest BCUT2D eigenvalue weighted by molar-refractivity contribution is 6.30. The summed E-state index contributed by atoms with van der Waals surface area (Å²) < 4.78 is 54.1. The number of anilines is 1. The molecular formula is C24H27ClF2N2O4. The third-order valence-corrected chi connectivity index (χ3v) is 6.37. The number of hydrogen-bond donors (Lipinski definition) is 2. The van der Waals surface area contributed by atoms with Gasteiger partial charge in [-0.25, -0.2) is 4.98 Å². The van der Waals surface area contributed by atoms with Crippen LogP contribution < -0.4 is 10.1 Å². The maximum atomic E-state index is 13.9. The highest BCUT2D eigenvalue weighted by Gasteiger charge is 2.50. The van der Waals surface area contributed by atoms with Crippen LogP contribution in [0.4, 0.5) is 14.6 Å². The fourth-order valence-corrected chi connectivity index (χ4v) is 4.45. The SMILES string of the molecule is [2H]C([2H])([2H])C1(C(=O)O)CCC(C(=O)Nc2ncc(Cl)cc2OC(F)F)(c2ccccc2C(C)C)CC1. The third kappa shape index (κ3) is 5.11. The van der Waals surface area contributed by atoms with Crippen molar-refractivity contribution in [3.63, 3.8) is 0 Å². The van der Waals surface area contributed by atoms with Gasteiger partial charge in [0.15, 0.2) is 11.6 Å². The molecule has 1 aliphatic carbocycles. The number of aromatic nitrogens is 1. The first kappa shape index (κ1) is 20.8. The molecule has 6 nitrogen and oxygen atoms in total. The zero-order chi connectivity index (χ0) is 26.9. The molecule has 0 radical (unpaired) electrons. The Morgan fingerprint density at radius 1 is 1.24 bits per heavy atom. The fourth-order valence-electron chi connectivity index (χ4n) is 4.30. The number of hydrogen-bond acceptors (Lipinski definition) is 4. The lowest BCUT2D eigenvalue weighted by atomic mass is 9.60. The Kier molecular flexibility index (Phi) is 6.08. The number of alkyl halides is 2. The molecule has 178 valence electrons. The number of amides is 1. The van der Waals surface area contributed by atoms with E-state index in [2.05, 4.69) is 15.0 Å². The van der Waals surface area contributed by atoms with Crippen LogP contribution >= 0.6 is 11.6 Å². The fraction of sp³-hybridized carbons (Fsp3) is 0.458. The predicted molar refractivity (Wildman–Crippen MR) is 121 cm³/mol. The van der Waals surface area contributed by atoms with Gasteiger partial charge in [0.25, 0.3) is 0 Å². The van der Waals surface area contributed by atoms with Crippen molar-refractivity contribution in [3.05, 3.63) is 52.7 Å². The number of carboxylic acids is 1. The number of aliphatic carboxylic acids is 1. The van der Waals surface area contributed by atoms with Gasteiger partial charge in [-0.2, -0.15) is 8.78 Å². The summed E-state index contributed by atoms with van der Waals surface area (Å²) in [4.78, 5) is 30.0. The van der Waals surface area contributed by atoms with E-state index in [-0.39, 0.29) is 42.4 Å². The monoisotopic (exact) mass is 483 g/mol. The Labute approximate surface area is 200 Å². The van der Waals surface area contributed by atoms with Gasteiger partial charge in [0.1, 0.15) is 0 Å². The first-order chi connectivity index (χ1) is 16.7. The number of halogens is 3. The maximum absolute atomic E-state index is 13.9. The lowest BCUT2D eigenvalue weighted by Crippen LogP contribution is -2.47. The molecule has 3 rings (SSSR count). The summed E-state index contributed by atoms with van der Waals surface area (Å²) in [5, 5.41) is 12.4. The number of pyridine rings is 1. The van der Waals surface area contributed by atoms with Crippen molar-refractivity contribution >= 4 is 29.3 Å². The lowest BCUT2D eigenvalue weighted by molar-refractivity contribution is -0.151. The Morgan fingerprint density at radius 2 is 1.91 bits per heavy atom. The first-order valence-corrected chi connectivity index (χ1v) is 10.9. The molecule has 0 atom stereocenters. The van der Waals surface area contributed by atoms with Crippen LogP contribution in [-0.4, -0.2) is 28.6 Å². The molecule has 0 spiro atoms. The second kappa shape index (κ2) is 9.63. The van der Waals surface area contributed by atoms with Crippen LogP contribution in [0.2, 0.25) is 5.02 Å². The number of carbonyl (C=O) groups is 2. The molecule has 33 heavy (non-hydrogen) atoms. The van der Waals surface area contributed by atoms with E-state index < -0.39 is 41.9 Å². The number of ether oxygens (including phenoxy) is 1. The molecule has 1 aliphatic rings. The zero-order valence-electron chi connectivity index (χ0n) is 21.2. The van der Waals surface area contributed by atoms with E-state index >= 15 is 0 Å². The van der Waals surface area contributed by atoms with Gasteiger partial charge in [0.05, 0.1) is 15.9 Å². The zero-order valence-corrected chi connectivity index (χ0v) is 19.0. The van der Waals surface area contributed by atoms with Gasteiger partial charge in [-0.15, -0.1) is 0 Å². The smallest absolute Gasteiger partial charge is 0.387 e. The second-order valence-electron chi connectivity index (χ2n) is 8.54. The largest absolute Gasteiger partial charge is 0.481 e. The van der Waals surface area contributed by atoms with E-state index in [1.165, 1.54) is 0 Å². The topological polar surface area (TPSA) is 88.5 Å². The number of rotatable bonds is 7. The van der Waals surface area contributed by atoms with Gasteiger partial charge in [-0.05, 0) is 49.6 Å². The van der Waals surface area contributed by atoms with Crippen LogP contribution in [-0.2, 0) is 15.0 Å². The summed E-state index contributed by atoms with van der Waals surface area (Å²) in [6, 6.07) is 8.25. The highest BCUT2D eigenvalue weighted by Crippen LogP contribution is 2.49. The van der Waals surface area contributed by atoms with Crippen LogP contribution in [0.25, 0.3) is 0 Å². The molecule has 0 saturated heterocycles. The molecule has 1 saturated carbocycles. The van der Waals surface area contributed by atoms with Gasteiger partial charge >= 0.3 is 12.6 Å². The number of nitrogens with zero attached hydrogens (tertiary/aromatic N) is 1. The molecule has 1 amide bonds. The summed E-state index contributed by atoms with van der Waals surface area (Å²) in [5.41, 5.74) is -1.90. The van der Waals surface area contributed by atoms with E-state index in [9.17, 15) is 23.5 Å². The highest BCUT2D eigenvalue weighted by atomic mass is 35.5. The number of carbonyl (C=O) groups excluding carboxylic acids is 1. The van der Waals surface area contributed by atoms with E-state index in [4.69, 9.17) is 15.7 Å². The van der Waals surface area contributed by atoms with Gasteiger partial charge < -0.3 is 15.2 Å². The van der Waals surface area contributed by atoms with Gasteiger partial charge in [-0.1, -0.05) is 49.7 Å². The molecule has 1 fully saturated rings. The van der Waals surface area contributed by atoms with E-state index in [0.717, 1.165) is 17.8 Å². The summed E-state index contributed by atoms with van der Waals surface area (Å²) in [5.74, 6) is -2.80. The number of nitrogens with one attached hydrogen (secondary N) is 1. The summed E-state index contributed by atoms with van der Waals surface area (Å²) in [6.07, 6.45) is 0.410. The quantitative estimate of drug-likeness (QED) is 0.504. The Hall–Kier alpha value is -2.74. The minimum Gasteiger partial charge on any atom is -0.481 e. The van der Waals surface area contributed by atoms with Gasteiger partial charge in [-0.3, -0.25) is 9.59 Å². The second-order valence-corrected chi connectivity index (χ2v) is 8.98. The van der Waals surface area contributed by atoms with Crippen molar-refractivity contribution in [2.24, 2.45) is 5.41 Å². The molecule has 1 aromatic carbocycles. The van der Waals surface area contributed by atoms with Crippen LogP contribution in [0.5, 0.6) is 5.75 Å². The maximum Gasteiger partial charge on any atom is 0.387 e. The summed E-state index contributed by atoms with van der Waals surface area (Å²) >= 11 is 5.86. The normalized spacial score (nSPS) is 24.6. The van der Waals surface area contributed by atoms with Crippen molar-refractivity contribution in [2.75, 3.05) is 5.32 Å². The van der Waals surface area contributed by atoms with Crippen molar-refractivity contribution in [2.45, 2.75) is 64.3 Å². The molecule has 2 aromatic rings. The minimum absolute atomic E-state index is 0.00830. The van der Waals surface area contributed by atoms with Crippen LogP contribution in [0.3, 0.4) is 0 Å². The van der Waals surface area contributed by atoms with Crippen molar-refractivity contribution in [3.8, 4) is 5.75 Å². The van der Waals surface area contributed by atoms with Crippen LogP contribution in [0.1, 0.15) is 67.5 Å². The molecular weight excluding hydrogens is 454 g/mol. The number of carboxylic acid groups (broad SMARTS) is 1. The minimum atomic E-state index is -3.19. The van der Waals surface area contributed by atoms with E-state index in [1.807, 2.05) is 26.0 Å². The Balaban J connectivity index is 2.10. The summed E-state index contributed by atoms with van der Waals surface area (Å²) in [7, 11) is 0. The molecule has 2 N–H and O–H groups in total. The third-order valence-electron chi connectivity index (χ3n) is 6.17. The Morgan fingerprint density at radius 3 is 2.48 bits per heavy atom. The number of benzene rings is 1. The average molecular weight is 484 g/mol. The summed E-state index contributed by atoms with van der Waals surface area (Å²) in [6.45, 7) is -2.10. The Bertz CT molecular complexity index is 1140. The van der Waals surface area contributed by atoms with Crippen molar-refractivity contribution in [1.29, 1.82) is 0 Å². The molecule has 0 unspecified atom stereocenters. The van der Waals surface area contributed by atoms with Gasteiger partial charge in [0.2, 0.25) is 5.91 Å². The molecule has 1 heterocycles. The van der Waals surface area contributed by atoms with Crippen molar-refractivity contribution in [1.82, 2.24) is 4.98 Å². The van der Waals surface area contributed by atoms with Crippen LogP contribution in [0.15, 0.2) is 36.5 Å². The van der Waals surface area contributed by atoms with E-state index in [1.54, 1.807) is 12.1 Å². The van der Waals surface area contributed by atoms with Crippen molar-refractivity contribution < 1.29 is 32.3 Å². The average Bonchev–Trinajstić information content (AvgIpc) is 2.79. The predicted octanol–water partition coefficient (Wildman–Crippen LogP) is 6.00. The molecule has 1 aromatic heterocycles. The first-order valence-electron chi connectivity index (χ1n) is 12.0.